The highest BCUT2D eigenvalue weighted by molar-refractivity contribution is 6.31. The van der Waals surface area contributed by atoms with Gasteiger partial charge in [0.2, 0.25) is 0 Å². The summed E-state index contributed by atoms with van der Waals surface area (Å²) in [6.07, 6.45) is 3.87. The quantitative estimate of drug-likeness (QED) is 0.227. The molecule has 5 rings (SSSR count). The van der Waals surface area contributed by atoms with Crippen molar-refractivity contribution in [1.82, 2.24) is 0 Å². The van der Waals surface area contributed by atoms with Crippen molar-refractivity contribution in [2.24, 2.45) is 0 Å². The topological polar surface area (TPSA) is 71.2 Å². The number of nitrogens with zero attached hydrogens (tertiary/aromatic N) is 3. The van der Waals surface area contributed by atoms with Gasteiger partial charge in [0.1, 0.15) is 11.6 Å². The number of anilines is 2. The molecule has 0 radical (unpaired) electrons. The molecule has 40 heavy (non-hydrogen) atoms. The Morgan fingerprint density at radius 3 is 2.23 bits per heavy atom. The smallest absolute Gasteiger partial charge is 0.194 e. The van der Waals surface area contributed by atoms with Gasteiger partial charge in [-0.2, -0.15) is 5.26 Å². The molecule has 2 aromatic rings. The fraction of sp³-hybridized carbons (Fsp3) is 0.333. The molecule has 3 aliphatic rings. The number of benzene rings is 2. The van der Waals surface area contributed by atoms with Gasteiger partial charge in [-0.25, -0.2) is 0 Å². The number of carbonyl (C=O) groups is 1. The van der Waals surface area contributed by atoms with Gasteiger partial charge >= 0.3 is 0 Å². The average molecular weight is 572 g/mol. The molecule has 204 valence electrons. The Morgan fingerprint density at radius 2 is 1.65 bits per heavy atom. The third-order valence-corrected chi connectivity index (χ3v) is 9.14. The van der Waals surface area contributed by atoms with Crippen LogP contribution in [0.5, 0.6) is 0 Å². The number of Topliss-reactive ketones (excluding diaryl/α,β-unsaturated/α-hetero) is 1. The van der Waals surface area contributed by atoms with Crippen molar-refractivity contribution >= 4 is 46.2 Å². The number of nitriles is 1. The zero-order valence-electron chi connectivity index (χ0n) is 23.6. The van der Waals surface area contributed by atoms with Gasteiger partial charge in [0.25, 0.3) is 0 Å². The molecule has 0 spiro atoms. The summed E-state index contributed by atoms with van der Waals surface area (Å²) >= 11 is 12.7. The Balaban J connectivity index is 1.67. The Kier molecular flexibility index (Phi) is 6.87. The van der Waals surface area contributed by atoms with Crippen molar-refractivity contribution in [3.63, 3.8) is 0 Å². The third kappa shape index (κ3) is 3.98. The first kappa shape index (κ1) is 28.0. The number of fused-ring (bicyclic) bond motifs is 2. The van der Waals surface area contributed by atoms with Crippen LogP contribution in [0.25, 0.3) is 0 Å². The summed E-state index contributed by atoms with van der Waals surface area (Å²) < 4.78 is 0. The molecule has 0 fully saturated rings. The van der Waals surface area contributed by atoms with Crippen LogP contribution in [0.1, 0.15) is 52.7 Å². The van der Waals surface area contributed by atoms with Crippen LogP contribution in [0.2, 0.25) is 10.0 Å². The molecular weight excluding hydrogens is 539 g/mol. The van der Waals surface area contributed by atoms with Crippen molar-refractivity contribution in [2.45, 2.75) is 58.4 Å². The summed E-state index contributed by atoms with van der Waals surface area (Å²) in [5.41, 5.74) is 5.97. The zero-order valence-corrected chi connectivity index (χ0v) is 25.1. The van der Waals surface area contributed by atoms with Crippen LogP contribution < -0.4 is 9.80 Å². The van der Waals surface area contributed by atoms with Crippen LogP contribution in [0.4, 0.5) is 11.4 Å². The third-order valence-electron chi connectivity index (χ3n) is 8.67. The van der Waals surface area contributed by atoms with Crippen LogP contribution >= 0.6 is 23.2 Å². The Labute approximate surface area is 246 Å². The number of hydrogen-bond acceptors (Lipinski definition) is 5. The van der Waals surface area contributed by atoms with Gasteiger partial charge in [-0.3, -0.25) is 10.2 Å². The fourth-order valence-electron chi connectivity index (χ4n) is 6.55. The molecule has 0 bridgehead atoms. The van der Waals surface area contributed by atoms with Crippen molar-refractivity contribution in [2.75, 3.05) is 22.9 Å². The maximum Gasteiger partial charge on any atom is 0.194 e. The molecule has 5 nitrogen and oxygen atoms in total. The number of rotatable bonds is 5. The monoisotopic (exact) mass is 570 g/mol. The number of carbonyl (C=O) groups excluding carboxylic acids is 1. The minimum Gasteiger partial charge on any atom is -0.364 e. The zero-order chi connectivity index (χ0) is 29.1. The van der Waals surface area contributed by atoms with Crippen LogP contribution in [-0.2, 0) is 15.6 Å². The second-order valence-corrected chi connectivity index (χ2v) is 12.4. The predicted molar refractivity (Wildman–Crippen MR) is 164 cm³/mol. The van der Waals surface area contributed by atoms with Crippen molar-refractivity contribution in [3.8, 4) is 6.07 Å². The molecule has 0 aromatic heterocycles. The Hall–Kier alpha value is -3.55. The van der Waals surface area contributed by atoms with Crippen LogP contribution in [0.15, 0.2) is 76.5 Å². The van der Waals surface area contributed by atoms with Crippen LogP contribution in [0.3, 0.4) is 0 Å². The summed E-state index contributed by atoms with van der Waals surface area (Å²) in [5.74, 6) is 2.16. The summed E-state index contributed by atoms with van der Waals surface area (Å²) in [4.78, 5) is 18.3. The lowest BCUT2D eigenvalue weighted by molar-refractivity contribution is -0.112. The fourth-order valence-corrected chi connectivity index (χ4v) is 6.89. The number of halogens is 2. The van der Waals surface area contributed by atoms with E-state index in [-0.39, 0.29) is 22.8 Å². The van der Waals surface area contributed by atoms with Crippen molar-refractivity contribution in [1.29, 1.82) is 10.7 Å². The van der Waals surface area contributed by atoms with Crippen LogP contribution in [-0.4, -0.2) is 30.8 Å². The highest BCUT2D eigenvalue weighted by atomic mass is 35.5. The summed E-state index contributed by atoms with van der Waals surface area (Å²) in [7, 11) is 0. The maximum absolute atomic E-state index is 13.9. The standard InChI is InChI=1S/C33H32Cl2N4O/c1-7-38-26-11-9-20(34)13-24(26)32(3,4)28(38)15-22-30(19(17-36)18-37)23(31(22)40)16-29-33(5,6)25-14-21(35)10-12-27(25)39(29)8-2/h9-16,28,36H,7-8H2,1-6H3/b22-15-,29-16-. The molecule has 1 unspecified atom stereocenters. The van der Waals surface area contributed by atoms with E-state index in [0.29, 0.717) is 33.3 Å². The van der Waals surface area contributed by atoms with Gasteiger partial charge in [0.05, 0.1) is 6.04 Å². The first-order valence-electron chi connectivity index (χ1n) is 13.5. The van der Waals surface area contributed by atoms with E-state index in [9.17, 15) is 10.1 Å². The lowest BCUT2D eigenvalue weighted by atomic mass is 9.72. The first-order valence-corrected chi connectivity index (χ1v) is 14.3. The SMILES string of the molecule is CCN1/C(=C\C2=C(C(=C=N)C#N)C(=C/C3N(CC)c4ccc(Cl)cc4C3(C)C)/C2=O)C(C)(C)c2cc(Cl)ccc21. The normalized spacial score (nSPS) is 22.3. The van der Waals surface area contributed by atoms with E-state index in [2.05, 4.69) is 63.3 Å². The lowest BCUT2D eigenvalue weighted by Gasteiger charge is -2.34. The number of allylic oxidation sites excluding steroid dienone is 6. The largest absolute Gasteiger partial charge is 0.364 e. The molecule has 7 heteroatoms. The molecule has 2 aliphatic heterocycles. The summed E-state index contributed by atoms with van der Waals surface area (Å²) in [5, 5.41) is 19.1. The van der Waals surface area contributed by atoms with Gasteiger partial charge in [-0.05, 0) is 79.4 Å². The van der Waals surface area contributed by atoms with Gasteiger partial charge in [0.15, 0.2) is 5.78 Å². The minimum atomic E-state index is -0.414. The molecule has 1 atom stereocenters. The predicted octanol–water partition coefficient (Wildman–Crippen LogP) is 7.69. The van der Waals surface area contributed by atoms with Gasteiger partial charge in [-0.15, -0.1) is 0 Å². The van der Waals surface area contributed by atoms with E-state index in [1.165, 1.54) is 0 Å². The Bertz CT molecular complexity index is 1650. The molecule has 2 aromatic carbocycles. The number of ketones is 1. The molecule has 2 heterocycles. The molecule has 0 saturated heterocycles. The van der Waals surface area contributed by atoms with E-state index in [1.54, 1.807) is 0 Å². The number of nitrogens with one attached hydrogen (secondary N) is 1. The van der Waals surface area contributed by atoms with E-state index < -0.39 is 5.41 Å². The highest BCUT2D eigenvalue weighted by Crippen LogP contribution is 2.51. The number of hydrogen-bond donors (Lipinski definition) is 1. The van der Waals surface area contributed by atoms with Gasteiger partial charge in [-0.1, -0.05) is 50.9 Å². The first-order chi connectivity index (χ1) is 18.9. The van der Waals surface area contributed by atoms with E-state index >= 15 is 0 Å². The minimum absolute atomic E-state index is 0.0523. The van der Waals surface area contributed by atoms with Crippen LogP contribution in [0, 0.1) is 16.7 Å². The molecule has 1 N–H and O–H groups in total. The highest BCUT2D eigenvalue weighted by Gasteiger charge is 2.46. The Morgan fingerprint density at radius 1 is 1.02 bits per heavy atom. The lowest BCUT2D eigenvalue weighted by Crippen LogP contribution is -2.41. The maximum atomic E-state index is 13.9. The second kappa shape index (κ2) is 9.82. The molecule has 0 saturated carbocycles. The van der Waals surface area contributed by atoms with Gasteiger partial charge in [0, 0.05) is 67.8 Å². The molecular formula is C33H32Cl2N4O. The summed E-state index contributed by atoms with van der Waals surface area (Å²) in [6, 6.07) is 13.7. The van der Waals surface area contributed by atoms with E-state index in [0.717, 1.165) is 34.7 Å². The molecule has 0 amide bonds. The molecule has 1 aliphatic carbocycles. The average Bonchev–Trinajstić information content (AvgIpc) is 3.26. The summed E-state index contributed by atoms with van der Waals surface area (Å²) in [6.45, 7) is 14.1. The van der Waals surface area contributed by atoms with Crippen molar-refractivity contribution < 1.29 is 4.79 Å². The van der Waals surface area contributed by atoms with E-state index in [1.807, 2.05) is 48.6 Å². The number of likely N-dealkylation sites (N-methyl/N-ethyl adjacent to an activating group) is 2. The van der Waals surface area contributed by atoms with E-state index in [4.69, 9.17) is 28.6 Å². The second-order valence-electron chi connectivity index (χ2n) is 11.5. The van der Waals surface area contributed by atoms with Crippen molar-refractivity contribution in [3.05, 3.63) is 97.7 Å². The van der Waals surface area contributed by atoms with Gasteiger partial charge < -0.3 is 9.80 Å².